The van der Waals surface area contributed by atoms with Crippen molar-refractivity contribution in [1.82, 2.24) is 24.5 Å². The van der Waals surface area contributed by atoms with Gasteiger partial charge in [-0.2, -0.15) is 0 Å². The summed E-state index contributed by atoms with van der Waals surface area (Å²) >= 11 is 1.16. The Balaban J connectivity index is 1.59. The number of anilines is 1. The number of alkyl halides is 3. The number of benzene rings is 1. The van der Waals surface area contributed by atoms with Crippen LogP contribution in [0, 0.1) is 0 Å². The number of nitrogens with zero attached hydrogens (tertiary/aromatic N) is 5. The average Bonchev–Trinajstić information content (AvgIpc) is 3.22. The van der Waals surface area contributed by atoms with Crippen LogP contribution in [0.2, 0.25) is 0 Å². The van der Waals surface area contributed by atoms with E-state index in [9.17, 15) is 18.0 Å². The normalized spacial score (nSPS) is 11.4. The van der Waals surface area contributed by atoms with Crippen molar-refractivity contribution in [3.8, 4) is 23.0 Å². The second-order valence-corrected chi connectivity index (χ2v) is 6.94. The summed E-state index contributed by atoms with van der Waals surface area (Å²) in [5.41, 5.74) is 1.00. The summed E-state index contributed by atoms with van der Waals surface area (Å²) in [7, 11) is 5.01. The Kier molecular flexibility index (Phi) is 6.20. The van der Waals surface area contributed by atoms with Crippen LogP contribution in [-0.2, 0) is 18.9 Å². The van der Waals surface area contributed by atoms with Crippen molar-refractivity contribution in [2.75, 3.05) is 18.2 Å². The highest BCUT2D eigenvalue weighted by Crippen LogP contribution is 2.29. The van der Waals surface area contributed by atoms with Gasteiger partial charge in [-0.15, -0.1) is 28.5 Å². The van der Waals surface area contributed by atoms with E-state index in [1.54, 1.807) is 29.5 Å². The molecule has 1 aromatic carbocycles. The molecule has 0 bridgehead atoms. The van der Waals surface area contributed by atoms with Crippen molar-refractivity contribution in [3.63, 3.8) is 0 Å². The number of nitrogens with one attached hydrogen (secondary N) is 1. The van der Waals surface area contributed by atoms with Gasteiger partial charge >= 0.3 is 6.36 Å². The van der Waals surface area contributed by atoms with Crippen LogP contribution in [0.15, 0.2) is 35.6 Å². The molecule has 0 unspecified atom stereocenters. The Labute approximate surface area is 173 Å². The van der Waals surface area contributed by atoms with E-state index >= 15 is 0 Å². The van der Waals surface area contributed by atoms with E-state index in [1.807, 2.05) is 0 Å². The molecule has 1 N–H and O–H groups in total. The molecule has 0 aliphatic carbocycles. The summed E-state index contributed by atoms with van der Waals surface area (Å²) in [5, 5.41) is 15.5. The summed E-state index contributed by atoms with van der Waals surface area (Å²) in [6, 6.07) is 4.87. The van der Waals surface area contributed by atoms with Gasteiger partial charge in [-0.05, 0) is 24.3 Å². The topological polar surface area (TPSA) is 96.1 Å². The van der Waals surface area contributed by atoms with Gasteiger partial charge in [-0.3, -0.25) is 9.48 Å². The monoisotopic (exact) mass is 442 g/mol. The van der Waals surface area contributed by atoms with Gasteiger partial charge in [-0.25, -0.2) is 0 Å². The summed E-state index contributed by atoms with van der Waals surface area (Å²) < 4.78 is 48.9. The number of halogens is 3. The fourth-order valence-electron chi connectivity index (χ4n) is 2.51. The third-order valence-corrected chi connectivity index (χ3v) is 4.79. The molecule has 0 aliphatic rings. The number of carbonyl (C=O) groups excluding carboxylic acids is 1. The van der Waals surface area contributed by atoms with Crippen LogP contribution in [0.5, 0.6) is 11.6 Å². The summed E-state index contributed by atoms with van der Waals surface area (Å²) in [5.74, 6) is 0.236. The molecular formula is C17H17F3N6O3S. The van der Waals surface area contributed by atoms with Crippen LogP contribution >= 0.6 is 11.8 Å². The zero-order valence-corrected chi connectivity index (χ0v) is 16.9. The van der Waals surface area contributed by atoms with E-state index in [2.05, 4.69) is 25.3 Å². The number of hydrogen-bond acceptors (Lipinski definition) is 7. The average molecular weight is 442 g/mol. The predicted molar refractivity (Wildman–Crippen MR) is 102 cm³/mol. The van der Waals surface area contributed by atoms with Gasteiger partial charge in [0, 0.05) is 26.0 Å². The van der Waals surface area contributed by atoms with Crippen LogP contribution in [0.1, 0.15) is 0 Å². The quantitative estimate of drug-likeness (QED) is 0.562. The van der Waals surface area contributed by atoms with Crippen molar-refractivity contribution in [2.45, 2.75) is 11.5 Å². The van der Waals surface area contributed by atoms with Crippen molar-refractivity contribution in [2.24, 2.45) is 14.1 Å². The molecule has 30 heavy (non-hydrogen) atoms. The van der Waals surface area contributed by atoms with Crippen LogP contribution in [-0.4, -0.2) is 49.7 Å². The van der Waals surface area contributed by atoms with E-state index in [4.69, 9.17) is 4.74 Å². The van der Waals surface area contributed by atoms with Crippen LogP contribution in [0.4, 0.5) is 18.9 Å². The highest BCUT2D eigenvalue weighted by Gasteiger charge is 2.31. The van der Waals surface area contributed by atoms with Gasteiger partial charge in [-0.1, -0.05) is 11.8 Å². The molecule has 1 amide bonds. The molecule has 2 aromatic heterocycles. The number of rotatable bonds is 7. The molecule has 0 radical (unpaired) electrons. The van der Waals surface area contributed by atoms with Crippen molar-refractivity contribution < 1.29 is 27.4 Å². The van der Waals surface area contributed by atoms with Crippen molar-refractivity contribution in [3.05, 3.63) is 30.5 Å². The van der Waals surface area contributed by atoms with Gasteiger partial charge in [0.2, 0.25) is 11.8 Å². The van der Waals surface area contributed by atoms with E-state index in [1.165, 1.54) is 19.2 Å². The number of aromatic nitrogens is 5. The van der Waals surface area contributed by atoms with Gasteiger partial charge < -0.3 is 19.4 Å². The van der Waals surface area contributed by atoms with Gasteiger partial charge in [0.15, 0.2) is 11.0 Å². The maximum atomic E-state index is 12.2. The van der Waals surface area contributed by atoms with Gasteiger partial charge in [0.05, 0.1) is 12.9 Å². The molecule has 3 aromatic rings. The lowest BCUT2D eigenvalue weighted by Gasteiger charge is -2.10. The Morgan fingerprint density at radius 2 is 1.90 bits per heavy atom. The lowest BCUT2D eigenvalue weighted by Crippen LogP contribution is -2.17. The molecule has 0 saturated carbocycles. The van der Waals surface area contributed by atoms with Crippen LogP contribution in [0.25, 0.3) is 11.4 Å². The van der Waals surface area contributed by atoms with E-state index in [0.29, 0.717) is 28.1 Å². The number of aryl methyl sites for hydroxylation is 1. The SMILES string of the molecule is COc1nn(C)cc1-c1nnc(SCC(=O)Nc2ccc(OC(F)(F)F)cc2)n1C. The van der Waals surface area contributed by atoms with Crippen molar-refractivity contribution >= 4 is 23.4 Å². The Bertz CT molecular complexity index is 1030. The third-order valence-electron chi connectivity index (χ3n) is 3.77. The second-order valence-electron chi connectivity index (χ2n) is 6.00. The van der Waals surface area contributed by atoms with E-state index < -0.39 is 6.36 Å². The number of hydrogen-bond donors (Lipinski definition) is 1. The zero-order chi connectivity index (χ0) is 21.9. The molecule has 0 saturated heterocycles. The first-order chi connectivity index (χ1) is 14.2. The minimum atomic E-state index is -4.77. The smallest absolute Gasteiger partial charge is 0.479 e. The molecule has 13 heteroatoms. The third kappa shape index (κ3) is 5.23. The highest BCUT2D eigenvalue weighted by molar-refractivity contribution is 7.99. The Morgan fingerprint density at radius 1 is 1.20 bits per heavy atom. The molecule has 0 spiro atoms. The summed E-state index contributed by atoms with van der Waals surface area (Å²) in [6.45, 7) is 0. The van der Waals surface area contributed by atoms with Crippen LogP contribution < -0.4 is 14.8 Å². The minimum absolute atomic E-state index is 0.0248. The maximum Gasteiger partial charge on any atom is 0.573 e. The summed E-state index contributed by atoms with van der Waals surface area (Å²) in [6.07, 6.45) is -3.02. The fourth-order valence-corrected chi connectivity index (χ4v) is 3.23. The van der Waals surface area contributed by atoms with E-state index in [-0.39, 0.29) is 17.4 Å². The molecule has 9 nitrogen and oxygen atoms in total. The molecule has 3 rings (SSSR count). The molecule has 0 fully saturated rings. The first-order valence-corrected chi connectivity index (χ1v) is 9.40. The van der Waals surface area contributed by atoms with E-state index in [0.717, 1.165) is 23.9 Å². The molecule has 0 atom stereocenters. The first-order valence-electron chi connectivity index (χ1n) is 8.42. The maximum absolute atomic E-state index is 12.2. The van der Waals surface area contributed by atoms with Gasteiger partial charge in [0.1, 0.15) is 11.3 Å². The standard InChI is InChI=1S/C17H17F3N6O3S/c1-25-8-12(15(24-25)28-3)14-22-23-16(26(14)2)30-9-13(27)21-10-4-6-11(7-5-10)29-17(18,19)20/h4-8H,9H2,1-3H3,(H,21,27). The predicted octanol–water partition coefficient (Wildman–Crippen LogP) is 2.85. The molecular weight excluding hydrogens is 425 g/mol. The lowest BCUT2D eigenvalue weighted by atomic mass is 10.3. The number of ether oxygens (including phenoxy) is 2. The number of amides is 1. The minimum Gasteiger partial charge on any atom is -0.479 e. The summed E-state index contributed by atoms with van der Waals surface area (Å²) in [4.78, 5) is 12.2. The fraction of sp³-hybridized carbons (Fsp3) is 0.294. The zero-order valence-electron chi connectivity index (χ0n) is 16.1. The Hall–Kier alpha value is -3.22. The first kappa shape index (κ1) is 21.5. The highest BCUT2D eigenvalue weighted by atomic mass is 32.2. The lowest BCUT2D eigenvalue weighted by molar-refractivity contribution is -0.274. The molecule has 160 valence electrons. The number of thioether (sulfide) groups is 1. The number of methoxy groups -OCH3 is 1. The second kappa shape index (κ2) is 8.65. The largest absolute Gasteiger partial charge is 0.573 e. The van der Waals surface area contributed by atoms with Crippen LogP contribution in [0.3, 0.4) is 0 Å². The number of carbonyl (C=O) groups is 1. The molecule has 2 heterocycles. The Morgan fingerprint density at radius 3 is 2.53 bits per heavy atom. The van der Waals surface area contributed by atoms with Gasteiger partial charge in [0.25, 0.3) is 0 Å². The molecule has 0 aliphatic heterocycles. The van der Waals surface area contributed by atoms with Crippen molar-refractivity contribution in [1.29, 1.82) is 0 Å².